The fraction of sp³-hybridized carbons (Fsp3) is 0.278. The first-order valence-electron chi connectivity index (χ1n) is 7.22. The van der Waals surface area contributed by atoms with Crippen molar-refractivity contribution in [2.24, 2.45) is 0 Å². The molecule has 0 aromatic heterocycles. The second kappa shape index (κ2) is 7.32. The highest BCUT2D eigenvalue weighted by molar-refractivity contribution is 6.30. The molecule has 0 aliphatic rings. The first-order valence-corrected chi connectivity index (χ1v) is 7.59. The Morgan fingerprint density at radius 2 is 1.91 bits per heavy atom. The number of rotatable bonds is 6. The van der Waals surface area contributed by atoms with Gasteiger partial charge in [-0.05, 0) is 61.2 Å². The predicted octanol–water partition coefficient (Wildman–Crippen LogP) is 4.46. The van der Waals surface area contributed by atoms with E-state index >= 15 is 0 Å². The molecule has 0 fully saturated rings. The lowest BCUT2D eigenvalue weighted by Crippen LogP contribution is -2.15. The van der Waals surface area contributed by atoms with Gasteiger partial charge in [0.15, 0.2) is 0 Å². The highest BCUT2D eigenvalue weighted by Gasteiger charge is 2.22. The molecule has 1 atom stereocenters. The Morgan fingerprint density at radius 1 is 1.23 bits per heavy atom. The largest absolute Gasteiger partial charge is 0.494 e. The molecule has 4 heteroatoms. The average molecular weight is 319 g/mol. The molecule has 22 heavy (non-hydrogen) atoms. The fourth-order valence-electron chi connectivity index (χ4n) is 2.48. The highest BCUT2D eigenvalue weighted by Crippen LogP contribution is 2.28. The number of aliphatic carboxylic acids is 1. The van der Waals surface area contributed by atoms with Gasteiger partial charge in [0.2, 0.25) is 0 Å². The van der Waals surface area contributed by atoms with Gasteiger partial charge in [-0.25, -0.2) is 0 Å². The van der Waals surface area contributed by atoms with Crippen LogP contribution >= 0.6 is 11.6 Å². The smallest absolute Gasteiger partial charge is 0.311 e. The maximum Gasteiger partial charge on any atom is 0.311 e. The van der Waals surface area contributed by atoms with E-state index in [1.807, 2.05) is 44.2 Å². The van der Waals surface area contributed by atoms with Crippen LogP contribution in [-0.4, -0.2) is 17.7 Å². The number of halogens is 1. The van der Waals surface area contributed by atoms with E-state index in [2.05, 4.69) is 0 Å². The van der Waals surface area contributed by atoms with Gasteiger partial charge in [0.05, 0.1) is 12.5 Å². The minimum Gasteiger partial charge on any atom is -0.494 e. The zero-order valence-corrected chi connectivity index (χ0v) is 13.4. The van der Waals surface area contributed by atoms with Gasteiger partial charge in [0, 0.05) is 5.02 Å². The van der Waals surface area contributed by atoms with Crippen LogP contribution in [0.15, 0.2) is 42.5 Å². The standard InChI is InChI=1S/C18H19ClO3/c1-3-22-15-8-9-16(12(2)10-15)17(18(20)21)11-13-4-6-14(19)7-5-13/h4-10,17H,3,11H2,1-2H3,(H,20,21). The number of hydrogen-bond donors (Lipinski definition) is 1. The molecule has 116 valence electrons. The summed E-state index contributed by atoms with van der Waals surface area (Å²) in [4.78, 5) is 11.7. The summed E-state index contributed by atoms with van der Waals surface area (Å²) in [5, 5.41) is 10.2. The first kappa shape index (κ1) is 16.4. The van der Waals surface area contributed by atoms with Crippen molar-refractivity contribution in [2.45, 2.75) is 26.2 Å². The van der Waals surface area contributed by atoms with E-state index in [4.69, 9.17) is 16.3 Å². The summed E-state index contributed by atoms with van der Waals surface area (Å²) in [5.41, 5.74) is 2.68. The Kier molecular flexibility index (Phi) is 5.45. The van der Waals surface area contributed by atoms with Crippen molar-refractivity contribution in [3.63, 3.8) is 0 Å². The molecule has 3 nitrogen and oxygen atoms in total. The maximum atomic E-state index is 11.7. The molecule has 0 saturated heterocycles. The van der Waals surface area contributed by atoms with Gasteiger partial charge in [0.25, 0.3) is 0 Å². The molecule has 2 aromatic carbocycles. The molecule has 0 heterocycles. The molecule has 0 bridgehead atoms. The van der Waals surface area contributed by atoms with E-state index in [1.165, 1.54) is 0 Å². The van der Waals surface area contributed by atoms with Crippen LogP contribution in [0.3, 0.4) is 0 Å². The molecule has 0 amide bonds. The average Bonchev–Trinajstić information content (AvgIpc) is 2.47. The summed E-state index contributed by atoms with van der Waals surface area (Å²) < 4.78 is 5.45. The summed E-state index contributed by atoms with van der Waals surface area (Å²) in [5.74, 6) is -0.654. The van der Waals surface area contributed by atoms with Crippen molar-refractivity contribution in [2.75, 3.05) is 6.61 Å². The lowest BCUT2D eigenvalue weighted by molar-refractivity contribution is -0.138. The van der Waals surface area contributed by atoms with E-state index in [1.54, 1.807) is 12.1 Å². The Morgan fingerprint density at radius 3 is 2.45 bits per heavy atom. The molecular formula is C18H19ClO3. The third kappa shape index (κ3) is 4.01. The second-order valence-corrected chi connectivity index (χ2v) is 5.61. The third-order valence-corrected chi connectivity index (χ3v) is 3.83. The lowest BCUT2D eigenvalue weighted by Gasteiger charge is -2.16. The summed E-state index contributed by atoms with van der Waals surface area (Å²) in [6.07, 6.45) is 0.432. The van der Waals surface area contributed by atoms with E-state index in [0.29, 0.717) is 18.1 Å². The highest BCUT2D eigenvalue weighted by atomic mass is 35.5. The van der Waals surface area contributed by atoms with Gasteiger partial charge >= 0.3 is 5.97 Å². The molecular weight excluding hydrogens is 300 g/mol. The first-order chi connectivity index (χ1) is 10.5. The second-order valence-electron chi connectivity index (χ2n) is 5.17. The third-order valence-electron chi connectivity index (χ3n) is 3.58. The SMILES string of the molecule is CCOc1ccc(C(Cc2ccc(Cl)cc2)C(=O)O)c(C)c1. The van der Waals surface area contributed by atoms with Crippen molar-refractivity contribution in [1.82, 2.24) is 0 Å². The van der Waals surface area contributed by atoms with Gasteiger partial charge in [-0.3, -0.25) is 4.79 Å². The summed E-state index contributed by atoms with van der Waals surface area (Å²) >= 11 is 5.87. The predicted molar refractivity (Wildman–Crippen MR) is 87.9 cm³/mol. The number of carboxylic acid groups (broad SMARTS) is 1. The number of carboxylic acids is 1. The van der Waals surface area contributed by atoms with Gasteiger partial charge in [-0.15, -0.1) is 0 Å². The summed E-state index contributed by atoms with van der Waals surface area (Å²) in [6, 6.07) is 12.8. The van der Waals surface area contributed by atoms with Crippen LogP contribution < -0.4 is 4.74 Å². The Balaban J connectivity index is 2.28. The Labute approximate surface area is 135 Å². The van der Waals surface area contributed by atoms with Crippen LogP contribution in [0.25, 0.3) is 0 Å². The van der Waals surface area contributed by atoms with Crippen LogP contribution in [0, 0.1) is 6.92 Å². The number of ether oxygens (including phenoxy) is 1. The molecule has 0 radical (unpaired) electrons. The number of carbonyl (C=O) groups is 1. The molecule has 0 aliphatic carbocycles. The Bertz CT molecular complexity index is 650. The molecule has 0 aliphatic heterocycles. The van der Waals surface area contributed by atoms with Gasteiger partial charge in [-0.1, -0.05) is 29.8 Å². The summed E-state index contributed by atoms with van der Waals surface area (Å²) in [7, 11) is 0. The van der Waals surface area contributed by atoms with E-state index < -0.39 is 11.9 Å². The Hall–Kier alpha value is -2.00. The van der Waals surface area contributed by atoms with Crippen molar-refractivity contribution in [1.29, 1.82) is 0 Å². The zero-order valence-electron chi connectivity index (χ0n) is 12.7. The van der Waals surface area contributed by atoms with Crippen LogP contribution in [0.5, 0.6) is 5.75 Å². The van der Waals surface area contributed by atoms with Crippen LogP contribution in [-0.2, 0) is 11.2 Å². The quantitative estimate of drug-likeness (QED) is 0.855. The minimum atomic E-state index is -0.831. The molecule has 2 aromatic rings. The van der Waals surface area contributed by atoms with Crippen molar-refractivity contribution < 1.29 is 14.6 Å². The normalized spacial score (nSPS) is 12.0. The molecule has 2 rings (SSSR count). The topological polar surface area (TPSA) is 46.5 Å². The van der Waals surface area contributed by atoms with Crippen LogP contribution in [0.4, 0.5) is 0 Å². The van der Waals surface area contributed by atoms with Crippen molar-refractivity contribution >= 4 is 17.6 Å². The number of aryl methyl sites for hydroxylation is 1. The van der Waals surface area contributed by atoms with Crippen molar-refractivity contribution in [3.8, 4) is 5.75 Å². The zero-order chi connectivity index (χ0) is 16.1. The summed E-state index contributed by atoms with van der Waals surface area (Å²) in [6.45, 7) is 4.42. The molecule has 1 unspecified atom stereocenters. The fourth-order valence-corrected chi connectivity index (χ4v) is 2.61. The number of hydrogen-bond acceptors (Lipinski definition) is 2. The van der Waals surface area contributed by atoms with Crippen LogP contribution in [0.2, 0.25) is 5.02 Å². The van der Waals surface area contributed by atoms with Gasteiger partial charge in [-0.2, -0.15) is 0 Å². The number of benzene rings is 2. The molecule has 1 N–H and O–H groups in total. The van der Waals surface area contributed by atoms with E-state index in [0.717, 1.165) is 22.4 Å². The van der Waals surface area contributed by atoms with Gasteiger partial charge in [0.1, 0.15) is 5.75 Å². The monoisotopic (exact) mass is 318 g/mol. The minimum absolute atomic E-state index is 0.432. The maximum absolute atomic E-state index is 11.7. The van der Waals surface area contributed by atoms with E-state index in [9.17, 15) is 9.90 Å². The van der Waals surface area contributed by atoms with Gasteiger partial charge < -0.3 is 9.84 Å². The lowest BCUT2D eigenvalue weighted by atomic mass is 9.89. The van der Waals surface area contributed by atoms with Crippen LogP contribution in [0.1, 0.15) is 29.5 Å². The van der Waals surface area contributed by atoms with E-state index in [-0.39, 0.29) is 0 Å². The van der Waals surface area contributed by atoms with Crippen molar-refractivity contribution in [3.05, 3.63) is 64.2 Å². The molecule has 0 spiro atoms. The molecule has 0 saturated carbocycles.